The first-order valence-electron chi connectivity index (χ1n) is 4.97. The van der Waals surface area contributed by atoms with Crippen LogP contribution in [0.4, 0.5) is 0 Å². The highest BCUT2D eigenvalue weighted by molar-refractivity contribution is 9.13. The minimum Gasteiger partial charge on any atom is -0.218 e. The molecule has 0 radical (unpaired) electrons. The SMILES string of the molecule is O=S(=O)(c1ccc(Br)c(Br)c1)c1ccc(Br)cc1Br. The number of rotatable bonds is 2. The molecule has 0 unspecified atom stereocenters. The molecule has 0 aliphatic carbocycles. The normalized spacial score (nSPS) is 11.6. The zero-order valence-corrected chi connectivity index (χ0v) is 16.4. The van der Waals surface area contributed by atoms with Crippen LogP contribution in [0.3, 0.4) is 0 Å². The Morgan fingerprint density at radius 1 is 0.737 bits per heavy atom. The van der Waals surface area contributed by atoms with Crippen molar-refractivity contribution in [3.63, 3.8) is 0 Å². The molecule has 0 fully saturated rings. The third-order valence-corrected chi connectivity index (χ3v) is 7.49. The Morgan fingerprint density at radius 3 is 2.00 bits per heavy atom. The van der Waals surface area contributed by atoms with Crippen LogP contribution in [-0.4, -0.2) is 8.42 Å². The van der Waals surface area contributed by atoms with Crippen molar-refractivity contribution in [3.05, 3.63) is 54.3 Å². The first-order valence-corrected chi connectivity index (χ1v) is 9.63. The topological polar surface area (TPSA) is 34.1 Å². The fraction of sp³-hybridized carbons (Fsp3) is 0. The fourth-order valence-corrected chi connectivity index (χ4v) is 5.26. The van der Waals surface area contributed by atoms with Crippen molar-refractivity contribution in [1.29, 1.82) is 0 Å². The van der Waals surface area contributed by atoms with Crippen LogP contribution in [0.2, 0.25) is 0 Å². The second-order valence-electron chi connectivity index (χ2n) is 3.65. The standard InChI is InChI=1S/C12H6Br4O2S/c13-7-1-4-12(11(16)5-7)19(17,18)8-2-3-9(14)10(15)6-8/h1-6H. The van der Waals surface area contributed by atoms with Gasteiger partial charge < -0.3 is 0 Å². The van der Waals surface area contributed by atoms with Crippen LogP contribution in [0.25, 0.3) is 0 Å². The molecule has 0 aliphatic heterocycles. The van der Waals surface area contributed by atoms with Gasteiger partial charge in [-0.1, -0.05) is 15.9 Å². The summed E-state index contributed by atoms with van der Waals surface area (Å²) in [4.78, 5) is 0.482. The second kappa shape index (κ2) is 5.97. The molecule has 0 bridgehead atoms. The molecule has 2 aromatic rings. The minimum atomic E-state index is -3.54. The molecule has 0 amide bonds. The van der Waals surface area contributed by atoms with Crippen LogP contribution in [0, 0.1) is 0 Å². The predicted octanol–water partition coefficient (Wildman–Crippen LogP) is 5.57. The number of benzene rings is 2. The minimum absolute atomic E-state index is 0.241. The van der Waals surface area contributed by atoms with Gasteiger partial charge in [-0.3, -0.25) is 0 Å². The van der Waals surface area contributed by atoms with Gasteiger partial charge in [0.1, 0.15) is 0 Å². The third-order valence-electron chi connectivity index (χ3n) is 2.38. The monoisotopic (exact) mass is 530 g/mol. The lowest BCUT2D eigenvalue weighted by molar-refractivity contribution is 0.595. The van der Waals surface area contributed by atoms with Gasteiger partial charge in [0.25, 0.3) is 0 Å². The zero-order valence-electron chi connectivity index (χ0n) is 9.20. The molecular weight excluding hydrogens is 528 g/mol. The summed E-state index contributed by atoms with van der Waals surface area (Å²) in [6.45, 7) is 0. The first kappa shape index (κ1) is 15.7. The maximum atomic E-state index is 12.5. The summed E-state index contributed by atoms with van der Waals surface area (Å²) >= 11 is 13.2. The molecule has 0 N–H and O–H groups in total. The summed E-state index contributed by atoms with van der Waals surface area (Å²) in [5, 5.41) is 0. The van der Waals surface area contributed by atoms with Crippen LogP contribution < -0.4 is 0 Å². The lowest BCUT2D eigenvalue weighted by Gasteiger charge is -2.08. The smallest absolute Gasteiger partial charge is 0.207 e. The summed E-state index contributed by atoms with van der Waals surface area (Å²) in [6.07, 6.45) is 0. The van der Waals surface area contributed by atoms with E-state index < -0.39 is 9.84 Å². The highest BCUT2D eigenvalue weighted by atomic mass is 79.9. The van der Waals surface area contributed by atoms with Crippen molar-refractivity contribution >= 4 is 73.6 Å². The van der Waals surface area contributed by atoms with Crippen LogP contribution in [0.1, 0.15) is 0 Å². The molecule has 0 saturated carbocycles. The summed E-state index contributed by atoms with van der Waals surface area (Å²) < 4.78 is 27.9. The van der Waals surface area contributed by atoms with Crippen molar-refractivity contribution in [2.75, 3.05) is 0 Å². The van der Waals surface area contributed by atoms with E-state index in [1.165, 1.54) is 0 Å². The summed E-state index contributed by atoms with van der Waals surface area (Å²) in [5.41, 5.74) is 0. The van der Waals surface area contributed by atoms with Crippen molar-refractivity contribution in [2.45, 2.75) is 9.79 Å². The van der Waals surface area contributed by atoms with Gasteiger partial charge >= 0.3 is 0 Å². The Labute approximate surface area is 145 Å². The zero-order chi connectivity index (χ0) is 14.2. The summed E-state index contributed by atoms with van der Waals surface area (Å²) in [5.74, 6) is 0. The maximum absolute atomic E-state index is 12.5. The average Bonchev–Trinajstić information content (AvgIpc) is 2.32. The van der Waals surface area contributed by atoms with E-state index in [1.807, 2.05) is 0 Å². The van der Waals surface area contributed by atoms with Gasteiger partial charge in [0.2, 0.25) is 9.84 Å². The van der Waals surface area contributed by atoms with Gasteiger partial charge in [-0.05, 0) is 84.2 Å². The molecule has 2 rings (SSSR count). The largest absolute Gasteiger partial charge is 0.218 e. The molecule has 0 heterocycles. The molecule has 0 aromatic heterocycles. The quantitative estimate of drug-likeness (QED) is 0.506. The van der Waals surface area contributed by atoms with E-state index in [1.54, 1.807) is 36.4 Å². The Hall–Kier alpha value is 0.310. The average molecular weight is 534 g/mol. The Kier molecular flexibility index (Phi) is 4.93. The molecule has 19 heavy (non-hydrogen) atoms. The molecule has 0 saturated heterocycles. The molecular formula is C12H6Br4O2S. The highest BCUT2D eigenvalue weighted by Crippen LogP contribution is 2.33. The van der Waals surface area contributed by atoms with Crippen molar-refractivity contribution < 1.29 is 8.42 Å². The predicted molar refractivity (Wildman–Crippen MR) is 89.1 cm³/mol. The van der Waals surface area contributed by atoms with Gasteiger partial charge in [-0.15, -0.1) is 0 Å². The van der Waals surface area contributed by atoms with Crippen LogP contribution in [-0.2, 0) is 9.84 Å². The molecule has 100 valence electrons. The van der Waals surface area contributed by atoms with Gasteiger partial charge in [-0.25, -0.2) is 8.42 Å². The van der Waals surface area contributed by atoms with Crippen molar-refractivity contribution in [3.8, 4) is 0 Å². The summed E-state index contributed by atoms with van der Waals surface area (Å²) in [6, 6.07) is 9.82. The molecule has 7 heteroatoms. The Bertz CT molecular complexity index is 741. The first-order chi connectivity index (χ1) is 8.82. The number of halogens is 4. The number of hydrogen-bond acceptors (Lipinski definition) is 2. The van der Waals surface area contributed by atoms with Crippen molar-refractivity contribution in [1.82, 2.24) is 0 Å². The molecule has 2 aromatic carbocycles. The molecule has 2 nitrogen and oxygen atoms in total. The molecule has 0 spiro atoms. The second-order valence-corrected chi connectivity index (χ2v) is 9.05. The number of hydrogen-bond donors (Lipinski definition) is 0. The van der Waals surface area contributed by atoms with E-state index in [0.29, 0.717) is 8.95 Å². The highest BCUT2D eigenvalue weighted by Gasteiger charge is 2.21. The van der Waals surface area contributed by atoms with Gasteiger partial charge in [0.15, 0.2) is 0 Å². The van der Waals surface area contributed by atoms with E-state index in [-0.39, 0.29) is 9.79 Å². The molecule has 0 atom stereocenters. The Morgan fingerprint density at radius 2 is 1.42 bits per heavy atom. The maximum Gasteiger partial charge on any atom is 0.207 e. The molecule has 0 aliphatic rings. The van der Waals surface area contributed by atoms with Crippen LogP contribution >= 0.6 is 63.7 Å². The van der Waals surface area contributed by atoms with E-state index in [0.717, 1.165) is 8.95 Å². The third kappa shape index (κ3) is 3.32. The van der Waals surface area contributed by atoms with Crippen molar-refractivity contribution in [2.24, 2.45) is 0 Å². The van der Waals surface area contributed by atoms with E-state index in [9.17, 15) is 8.42 Å². The van der Waals surface area contributed by atoms with Gasteiger partial charge in [0.05, 0.1) is 9.79 Å². The van der Waals surface area contributed by atoms with E-state index >= 15 is 0 Å². The Balaban J connectivity index is 2.62. The lowest BCUT2D eigenvalue weighted by Crippen LogP contribution is -2.03. The van der Waals surface area contributed by atoms with E-state index in [4.69, 9.17) is 0 Å². The van der Waals surface area contributed by atoms with Gasteiger partial charge in [0, 0.05) is 17.9 Å². The number of sulfone groups is 1. The van der Waals surface area contributed by atoms with E-state index in [2.05, 4.69) is 63.7 Å². The van der Waals surface area contributed by atoms with Crippen LogP contribution in [0.15, 0.2) is 64.1 Å². The fourth-order valence-electron chi connectivity index (χ4n) is 1.46. The van der Waals surface area contributed by atoms with Crippen LogP contribution in [0.5, 0.6) is 0 Å². The van der Waals surface area contributed by atoms with Gasteiger partial charge in [-0.2, -0.15) is 0 Å². The summed E-state index contributed by atoms with van der Waals surface area (Å²) in [7, 11) is -3.54. The lowest BCUT2D eigenvalue weighted by atomic mass is 10.4.